The van der Waals surface area contributed by atoms with Crippen molar-refractivity contribution in [2.24, 2.45) is 11.8 Å². The maximum absolute atomic E-state index is 12.2. The van der Waals surface area contributed by atoms with Gasteiger partial charge in [-0.1, -0.05) is 13.8 Å². The molecule has 0 aromatic rings. The molecule has 2 fully saturated rings. The monoisotopic (exact) mass is 261 g/mol. The Labute approximate surface area is 104 Å². The van der Waals surface area contributed by atoms with Gasteiger partial charge in [-0.2, -0.15) is 4.31 Å². The van der Waals surface area contributed by atoms with E-state index in [9.17, 15) is 8.42 Å². The fourth-order valence-electron chi connectivity index (χ4n) is 2.56. The highest BCUT2D eigenvalue weighted by Gasteiger charge is 2.47. The molecular weight excluding hydrogens is 238 g/mol. The van der Waals surface area contributed by atoms with Crippen molar-refractivity contribution in [3.63, 3.8) is 0 Å². The highest BCUT2D eigenvalue weighted by atomic mass is 32.2. The van der Waals surface area contributed by atoms with Crippen LogP contribution >= 0.6 is 0 Å². The van der Waals surface area contributed by atoms with Crippen molar-refractivity contribution in [3.05, 3.63) is 0 Å². The minimum atomic E-state index is -3.11. The van der Waals surface area contributed by atoms with Crippen LogP contribution in [0.2, 0.25) is 0 Å². The van der Waals surface area contributed by atoms with Gasteiger partial charge in [0.25, 0.3) is 0 Å². The lowest BCUT2D eigenvalue weighted by molar-refractivity contribution is -0.0908. The Hall–Kier alpha value is -0.130. The van der Waals surface area contributed by atoms with Crippen molar-refractivity contribution >= 4 is 10.0 Å². The first kappa shape index (κ1) is 13.3. The summed E-state index contributed by atoms with van der Waals surface area (Å²) >= 11 is 0. The molecule has 1 heterocycles. The van der Waals surface area contributed by atoms with Crippen LogP contribution in [0.15, 0.2) is 0 Å². The van der Waals surface area contributed by atoms with E-state index < -0.39 is 10.0 Å². The zero-order valence-corrected chi connectivity index (χ0v) is 11.8. The maximum Gasteiger partial charge on any atom is 0.214 e. The Balaban J connectivity index is 2.06. The van der Waals surface area contributed by atoms with Crippen molar-refractivity contribution in [2.45, 2.75) is 39.2 Å². The Morgan fingerprint density at radius 2 is 2.06 bits per heavy atom. The largest absolute Gasteiger partial charge is 0.372 e. The third kappa shape index (κ3) is 3.01. The van der Waals surface area contributed by atoms with Gasteiger partial charge in [0.2, 0.25) is 10.0 Å². The van der Waals surface area contributed by atoms with Crippen LogP contribution in [-0.2, 0) is 14.8 Å². The van der Waals surface area contributed by atoms with Gasteiger partial charge in [-0.3, -0.25) is 0 Å². The summed E-state index contributed by atoms with van der Waals surface area (Å²) in [4.78, 5) is 0. The Kier molecular flexibility index (Phi) is 3.54. The predicted octanol–water partition coefficient (Wildman–Crippen LogP) is 1.47. The van der Waals surface area contributed by atoms with Gasteiger partial charge in [0.05, 0.1) is 18.0 Å². The number of sulfonamides is 1. The molecule has 0 aromatic carbocycles. The lowest BCUT2D eigenvalue weighted by Gasteiger charge is -2.40. The summed E-state index contributed by atoms with van der Waals surface area (Å²) in [6, 6.07) is 0. The molecular formula is C12H23NO3S. The molecule has 1 aliphatic heterocycles. The molecule has 100 valence electrons. The molecule has 0 bridgehead atoms. The van der Waals surface area contributed by atoms with Crippen molar-refractivity contribution in [1.29, 1.82) is 0 Å². The van der Waals surface area contributed by atoms with E-state index in [4.69, 9.17) is 4.74 Å². The SMILES string of the molecule is CC(C)CS(=O)(=O)N1CCOC(C)(C2CC2)C1. The van der Waals surface area contributed by atoms with Gasteiger partial charge >= 0.3 is 0 Å². The molecule has 0 aromatic heterocycles. The van der Waals surface area contributed by atoms with Crippen LogP contribution in [0.5, 0.6) is 0 Å². The van der Waals surface area contributed by atoms with E-state index in [1.807, 2.05) is 13.8 Å². The third-order valence-electron chi connectivity index (χ3n) is 3.64. The average molecular weight is 261 g/mol. The Morgan fingerprint density at radius 3 is 2.59 bits per heavy atom. The highest BCUT2D eigenvalue weighted by Crippen LogP contribution is 2.43. The first-order valence-corrected chi connectivity index (χ1v) is 8.06. The van der Waals surface area contributed by atoms with Crippen LogP contribution in [0.3, 0.4) is 0 Å². The van der Waals surface area contributed by atoms with E-state index in [2.05, 4.69) is 6.92 Å². The second-order valence-electron chi connectivity index (χ2n) is 5.94. The molecule has 2 rings (SSSR count). The lowest BCUT2D eigenvalue weighted by atomic mass is 9.99. The van der Waals surface area contributed by atoms with Crippen LogP contribution in [0.1, 0.15) is 33.6 Å². The van der Waals surface area contributed by atoms with Crippen molar-refractivity contribution in [2.75, 3.05) is 25.4 Å². The first-order chi connectivity index (χ1) is 7.83. The summed E-state index contributed by atoms with van der Waals surface area (Å²) < 4.78 is 31.8. The summed E-state index contributed by atoms with van der Waals surface area (Å²) in [7, 11) is -3.11. The van der Waals surface area contributed by atoms with Crippen LogP contribution in [-0.4, -0.2) is 43.8 Å². The summed E-state index contributed by atoms with van der Waals surface area (Å²) in [5.74, 6) is 0.975. The summed E-state index contributed by atoms with van der Waals surface area (Å²) in [6.07, 6.45) is 2.35. The molecule has 0 spiro atoms. The molecule has 0 radical (unpaired) electrons. The molecule has 1 unspecified atom stereocenters. The van der Waals surface area contributed by atoms with Crippen LogP contribution in [0, 0.1) is 11.8 Å². The second-order valence-corrected chi connectivity index (χ2v) is 7.95. The Morgan fingerprint density at radius 1 is 1.41 bits per heavy atom. The maximum atomic E-state index is 12.2. The lowest BCUT2D eigenvalue weighted by Crippen LogP contribution is -2.53. The van der Waals surface area contributed by atoms with Crippen molar-refractivity contribution < 1.29 is 13.2 Å². The van der Waals surface area contributed by atoms with E-state index in [0.717, 1.165) is 0 Å². The molecule has 2 aliphatic rings. The highest BCUT2D eigenvalue weighted by molar-refractivity contribution is 7.89. The van der Waals surface area contributed by atoms with Gasteiger partial charge in [0.15, 0.2) is 0 Å². The van der Waals surface area contributed by atoms with Crippen molar-refractivity contribution in [1.82, 2.24) is 4.31 Å². The molecule has 1 saturated carbocycles. The number of rotatable bonds is 4. The topological polar surface area (TPSA) is 46.6 Å². The number of nitrogens with zero attached hydrogens (tertiary/aromatic N) is 1. The minimum absolute atomic E-state index is 0.176. The quantitative estimate of drug-likeness (QED) is 0.770. The second kappa shape index (κ2) is 4.52. The molecule has 0 amide bonds. The minimum Gasteiger partial charge on any atom is -0.372 e. The van der Waals surface area contributed by atoms with Crippen LogP contribution < -0.4 is 0 Å². The van der Waals surface area contributed by atoms with E-state index in [0.29, 0.717) is 25.6 Å². The Bertz CT molecular complexity index is 375. The number of hydrogen-bond acceptors (Lipinski definition) is 3. The molecule has 1 aliphatic carbocycles. The summed E-state index contributed by atoms with van der Waals surface area (Å²) in [5.41, 5.74) is -0.248. The van der Waals surface area contributed by atoms with Gasteiger partial charge in [-0.05, 0) is 31.6 Å². The molecule has 0 N–H and O–H groups in total. The third-order valence-corrected chi connectivity index (χ3v) is 5.83. The summed E-state index contributed by atoms with van der Waals surface area (Å²) in [6.45, 7) is 7.52. The molecule has 4 nitrogen and oxygen atoms in total. The van der Waals surface area contributed by atoms with E-state index in [1.54, 1.807) is 4.31 Å². The predicted molar refractivity (Wildman–Crippen MR) is 67.3 cm³/mol. The number of hydrogen-bond donors (Lipinski definition) is 0. The smallest absolute Gasteiger partial charge is 0.214 e. The molecule has 17 heavy (non-hydrogen) atoms. The fourth-order valence-corrected chi connectivity index (χ4v) is 4.42. The standard InChI is InChI=1S/C12H23NO3S/c1-10(2)8-17(14,15)13-6-7-16-12(3,9-13)11-4-5-11/h10-11H,4-9H2,1-3H3. The van der Waals surface area contributed by atoms with Crippen LogP contribution in [0.25, 0.3) is 0 Å². The normalized spacial score (nSPS) is 32.0. The van der Waals surface area contributed by atoms with Gasteiger partial charge < -0.3 is 4.74 Å². The van der Waals surface area contributed by atoms with E-state index in [-0.39, 0.29) is 17.3 Å². The van der Waals surface area contributed by atoms with Crippen LogP contribution in [0.4, 0.5) is 0 Å². The first-order valence-electron chi connectivity index (χ1n) is 6.45. The van der Waals surface area contributed by atoms with Gasteiger partial charge in [-0.25, -0.2) is 8.42 Å². The van der Waals surface area contributed by atoms with Gasteiger partial charge in [0, 0.05) is 13.1 Å². The fraction of sp³-hybridized carbons (Fsp3) is 1.00. The van der Waals surface area contributed by atoms with E-state index >= 15 is 0 Å². The number of ether oxygens (including phenoxy) is 1. The van der Waals surface area contributed by atoms with Gasteiger partial charge in [0.1, 0.15) is 0 Å². The zero-order chi connectivity index (χ0) is 12.7. The molecule has 1 atom stereocenters. The number of morpholine rings is 1. The van der Waals surface area contributed by atoms with E-state index in [1.165, 1.54) is 12.8 Å². The van der Waals surface area contributed by atoms with Gasteiger partial charge in [-0.15, -0.1) is 0 Å². The average Bonchev–Trinajstić information content (AvgIpc) is 2.98. The molecule has 5 heteroatoms. The summed E-state index contributed by atoms with van der Waals surface area (Å²) in [5, 5.41) is 0. The zero-order valence-electron chi connectivity index (χ0n) is 11.0. The molecule has 1 saturated heterocycles. The van der Waals surface area contributed by atoms with Crippen molar-refractivity contribution in [3.8, 4) is 0 Å².